The van der Waals surface area contributed by atoms with Crippen molar-refractivity contribution in [1.82, 2.24) is 20.1 Å². The summed E-state index contributed by atoms with van der Waals surface area (Å²) >= 11 is 1.62. The van der Waals surface area contributed by atoms with Gasteiger partial charge in [0, 0.05) is 30.0 Å². The lowest BCUT2D eigenvalue weighted by Gasteiger charge is -2.11. The summed E-state index contributed by atoms with van der Waals surface area (Å²) in [5.74, 6) is 2.51. The summed E-state index contributed by atoms with van der Waals surface area (Å²) in [6.45, 7) is 4.94. The Labute approximate surface area is 188 Å². The molecular formula is C24H30N4O2S. The van der Waals surface area contributed by atoms with Crippen LogP contribution in [-0.2, 0) is 4.79 Å². The van der Waals surface area contributed by atoms with Crippen molar-refractivity contribution in [3.63, 3.8) is 0 Å². The molecule has 0 aliphatic carbocycles. The Morgan fingerprint density at radius 3 is 2.48 bits per heavy atom. The zero-order valence-corrected chi connectivity index (χ0v) is 19.2. The van der Waals surface area contributed by atoms with Crippen molar-refractivity contribution in [2.45, 2.75) is 44.7 Å². The number of rotatable bonds is 11. The molecule has 2 aromatic carbocycles. The van der Waals surface area contributed by atoms with E-state index in [4.69, 9.17) is 4.74 Å². The number of nitrogens with one attached hydrogen (secondary N) is 1. The van der Waals surface area contributed by atoms with Crippen LogP contribution in [0, 0.1) is 6.92 Å². The summed E-state index contributed by atoms with van der Waals surface area (Å²) < 4.78 is 7.36. The Bertz CT molecular complexity index is 968. The van der Waals surface area contributed by atoms with Gasteiger partial charge in [-0.25, -0.2) is 0 Å². The molecule has 1 amide bonds. The molecule has 0 atom stereocenters. The molecule has 3 aromatic rings. The Morgan fingerprint density at radius 2 is 1.81 bits per heavy atom. The highest BCUT2D eigenvalue weighted by Crippen LogP contribution is 2.29. The van der Waals surface area contributed by atoms with Crippen LogP contribution in [0.2, 0.25) is 0 Å². The van der Waals surface area contributed by atoms with Gasteiger partial charge in [0.2, 0.25) is 5.91 Å². The second kappa shape index (κ2) is 11.6. The summed E-state index contributed by atoms with van der Waals surface area (Å²) in [6, 6.07) is 16.2. The molecule has 1 N–H and O–H groups in total. The third-order valence-corrected chi connectivity index (χ3v) is 5.92. The molecule has 0 aliphatic rings. The van der Waals surface area contributed by atoms with Crippen LogP contribution in [-0.4, -0.2) is 40.1 Å². The number of unbranched alkanes of at least 4 members (excludes halogenated alkanes) is 1. The maximum absolute atomic E-state index is 11.9. The molecule has 0 saturated carbocycles. The minimum Gasteiger partial charge on any atom is -0.497 e. The number of aromatic nitrogens is 3. The van der Waals surface area contributed by atoms with Crippen LogP contribution in [0.3, 0.4) is 0 Å². The predicted octanol–water partition coefficient (Wildman–Crippen LogP) is 5.04. The fourth-order valence-electron chi connectivity index (χ4n) is 3.11. The molecule has 0 saturated heterocycles. The first-order chi connectivity index (χ1) is 15.1. The summed E-state index contributed by atoms with van der Waals surface area (Å²) in [4.78, 5) is 11.9. The molecule has 1 heterocycles. The van der Waals surface area contributed by atoms with Gasteiger partial charge in [-0.3, -0.25) is 9.36 Å². The number of hydrogen-bond acceptors (Lipinski definition) is 5. The Hall–Kier alpha value is -2.80. The molecule has 31 heavy (non-hydrogen) atoms. The summed E-state index contributed by atoms with van der Waals surface area (Å²) in [5, 5.41) is 12.7. The van der Waals surface area contributed by atoms with Gasteiger partial charge < -0.3 is 10.1 Å². The van der Waals surface area contributed by atoms with Gasteiger partial charge in [0.15, 0.2) is 11.0 Å². The van der Waals surface area contributed by atoms with Crippen LogP contribution in [0.4, 0.5) is 0 Å². The third-order valence-electron chi connectivity index (χ3n) is 4.91. The minimum atomic E-state index is 0.117. The number of nitrogens with zero attached hydrogens (tertiary/aromatic N) is 3. The van der Waals surface area contributed by atoms with Crippen LogP contribution < -0.4 is 10.1 Å². The van der Waals surface area contributed by atoms with Gasteiger partial charge in [-0.05, 0) is 44.0 Å². The molecule has 7 heteroatoms. The van der Waals surface area contributed by atoms with Crippen LogP contribution >= 0.6 is 11.8 Å². The van der Waals surface area contributed by atoms with Gasteiger partial charge in [0.05, 0.1) is 7.11 Å². The summed E-state index contributed by atoms with van der Waals surface area (Å²) in [5.41, 5.74) is 3.18. The zero-order chi connectivity index (χ0) is 22.1. The van der Waals surface area contributed by atoms with Crippen LogP contribution in [0.25, 0.3) is 17.1 Å². The molecule has 0 aliphatic heterocycles. The van der Waals surface area contributed by atoms with Crippen molar-refractivity contribution < 1.29 is 9.53 Å². The third kappa shape index (κ3) is 6.34. The predicted molar refractivity (Wildman–Crippen MR) is 126 cm³/mol. The SMILES string of the molecule is CCCCNC(=O)CCCSc1nnc(-c2ccc(C)cc2)n1-c1ccc(OC)cc1. The topological polar surface area (TPSA) is 69.0 Å². The fourth-order valence-corrected chi connectivity index (χ4v) is 4.00. The van der Waals surface area contributed by atoms with E-state index in [1.807, 2.05) is 24.3 Å². The molecule has 0 spiro atoms. The monoisotopic (exact) mass is 438 g/mol. The molecular weight excluding hydrogens is 408 g/mol. The highest BCUT2D eigenvalue weighted by molar-refractivity contribution is 7.99. The smallest absolute Gasteiger partial charge is 0.220 e. The van der Waals surface area contributed by atoms with Gasteiger partial charge in [-0.15, -0.1) is 10.2 Å². The summed E-state index contributed by atoms with van der Waals surface area (Å²) in [7, 11) is 1.66. The lowest BCUT2D eigenvalue weighted by molar-refractivity contribution is -0.121. The first-order valence-corrected chi connectivity index (χ1v) is 11.7. The Balaban J connectivity index is 1.75. The second-order valence-electron chi connectivity index (χ2n) is 7.36. The van der Waals surface area contributed by atoms with Crippen LogP contribution in [0.5, 0.6) is 5.75 Å². The lowest BCUT2D eigenvalue weighted by Crippen LogP contribution is -2.24. The molecule has 0 bridgehead atoms. The van der Waals surface area contributed by atoms with Crippen LogP contribution in [0.15, 0.2) is 53.7 Å². The van der Waals surface area contributed by atoms with Gasteiger partial charge in [0.1, 0.15) is 5.75 Å². The average Bonchev–Trinajstić information content (AvgIpc) is 3.21. The number of benzene rings is 2. The normalized spacial score (nSPS) is 10.8. The quantitative estimate of drug-likeness (QED) is 0.335. The number of aryl methyl sites for hydroxylation is 1. The van der Waals surface area contributed by atoms with Crippen molar-refractivity contribution >= 4 is 17.7 Å². The van der Waals surface area contributed by atoms with Gasteiger partial charge in [0.25, 0.3) is 0 Å². The number of thioether (sulfide) groups is 1. The Morgan fingerprint density at radius 1 is 1.06 bits per heavy atom. The second-order valence-corrected chi connectivity index (χ2v) is 8.42. The van der Waals surface area contributed by atoms with E-state index in [-0.39, 0.29) is 5.91 Å². The number of methoxy groups -OCH3 is 1. The zero-order valence-electron chi connectivity index (χ0n) is 18.4. The first-order valence-electron chi connectivity index (χ1n) is 10.7. The number of hydrogen-bond donors (Lipinski definition) is 1. The molecule has 6 nitrogen and oxygen atoms in total. The molecule has 0 radical (unpaired) electrons. The van der Waals surface area contributed by atoms with Crippen LogP contribution in [0.1, 0.15) is 38.2 Å². The standard InChI is InChI=1S/C24H30N4O2S/c1-4-5-16-25-22(29)7-6-17-31-24-27-26-23(19-10-8-18(2)9-11-19)28(24)20-12-14-21(30-3)15-13-20/h8-15H,4-7,16-17H2,1-3H3,(H,25,29). The van der Waals surface area contributed by atoms with Gasteiger partial charge in [-0.1, -0.05) is 54.9 Å². The first kappa shape index (κ1) is 22.9. The van der Waals surface area contributed by atoms with Crippen molar-refractivity contribution in [2.75, 3.05) is 19.4 Å². The molecule has 164 valence electrons. The number of carbonyl (C=O) groups excluding carboxylic acids is 1. The highest BCUT2D eigenvalue weighted by atomic mass is 32.2. The minimum absolute atomic E-state index is 0.117. The van der Waals surface area contributed by atoms with E-state index in [1.165, 1.54) is 5.56 Å². The van der Waals surface area contributed by atoms with Gasteiger partial charge >= 0.3 is 0 Å². The highest BCUT2D eigenvalue weighted by Gasteiger charge is 2.16. The molecule has 1 aromatic heterocycles. The van der Waals surface area contributed by atoms with E-state index < -0.39 is 0 Å². The van der Waals surface area contributed by atoms with Crippen molar-refractivity contribution in [2.24, 2.45) is 0 Å². The number of ether oxygens (including phenoxy) is 1. The van der Waals surface area contributed by atoms with E-state index in [9.17, 15) is 4.79 Å². The van der Waals surface area contributed by atoms with Gasteiger partial charge in [-0.2, -0.15) is 0 Å². The van der Waals surface area contributed by atoms with Crippen molar-refractivity contribution in [3.05, 3.63) is 54.1 Å². The average molecular weight is 439 g/mol. The Kier molecular flexibility index (Phi) is 8.53. The molecule has 3 rings (SSSR count). The summed E-state index contributed by atoms with van der Waals surface area (Å²) in [6.07, 6.45) is 3.42. The van der Waals surface area contributed by atoms with Crippen molar-refractivity contribution in [3.8, 4) is 22.8 Å². The van der Waals surface area contributed by atoms with E-state index in [2.05, 4.69) is 58.2 Å². The molecule has 0 fully saturated rings. The number of amides is 1. The number of carbonyl (C=O) groups is 1. The maximum atomic E-state index is 11.9. The maximum Gasteiger partial charge on any atom is 0.220 e. The van der Waals surface area contributed by atoms with E-state index in [0.29, 0.717) is 6.42 Å². The fraction of sp³-hybridized carbons (Fsp3) is 0.375. The van der Waals surface area contributed by atoms with E-state index in [0.717, 1.165) is 59.5 Å². The molecule has 0 unspecified atom stereocenters. The lowest BCUT2D eigenvalue weighted by atomic mass is 10.1. The van der Waals surface area contributed by atoms with E-state index in [1.54, 1.807) is 18.9 Å². The van der Waals surface area contributed by atoms with Crippen molar-refractivity contribution in [1.29, 1.82) is 0 Å². The largest absolute Gasteiger partial charge is 0.497 e. The van der Waals surface area contributed by atoms with E-state index >= 15 is 0 Å².